The number of piperazine rings is 1. The van der Waals surface area contributed by atoms with Gasteiger partial charge < -0.3 is 19.7 Å². The fourth-order valence-electron chi connectivity index (χ4n) is 1.65. The first-order valence-electron chi connectivity index (χ1n) is 5.80. The van der Waals surface area contributed by atoms with Crippen molar-refractivity contribution in [3.05, 3.63) is 0 Å². The van der Waals surface area contributed by atoms with Gasteiger partial charge in [0, 0.05) is 26.9 Å². The normalized spacial score (nSPS) is 20.6. The Bertz CT molecular complexity index is 270. The summed E-state index contributed by atoms with van der Waals surface area (Å²) in [5, 5.41) is 2.59. The highest BCUT2D eigenvalue weighted by Crippen LogP contribution is 2.01. The van der Waals surface area contributed by atoms with Gasteiger partial charge in [0.15, 0.2) is 0 Å². The lowest BCUT2D eigenvalue weighted by Crippen LogP contribution is -2.57. The van der Waals surface area contributed by atoms with Crippen molar-refractivity contribution in [3.8, 4) is 0 Å². The average Bonchev–Trinajstić information content (AvgIpc) is 2.29. The molecule has 98 valence electrons. The van der Waals surface area contributed by atoms with Crippen LogP contribution in [0.5, 0.6) is 0 Å². The van der Waals surface area contributed by atoms with Crippen molar-refractivity contribution < 1.29 is 19.1 Å². The van der Waals surface area contributed by atoms with Gasteiger partial charge in [0.2, 0.25) is 11.8 Å². The van der Waals surface area contributed by atoms with Gasteiger partial charge in [-0.05, 0) is 13.3 Å². The molecular weight excluding hydrogens is 224 g/mol. The van der Waals surface area contributed by atoms with Crippen LogP contribution in [0.15, 0.2) is 0 Å². The van der Waals surface area contributed by atoms with E-state index >= 15 is 0 Å². The summed E-state index contributed by atoms with van der Waals surface area (Å²) in [7, 11) is 1.65. The van der Waals surface area contributed by atoms with Gasteiger partial charge in [0.05, 0.1) is 13.2 Å². The highest BCUT2D eigenvalue weighted by atomic mass is 16.5. The number of carbonyl (C=O) groups excluding carboxylic acids is 2. The molecule has 1 rings (SSSR count). The zero-order chi connectivity index (χ0) is 12.7. The number of amides is 2. The molecule has 17 heavy (non-hydrogen) atoms. The van der Waals surface area contributed by atoms with Crippen molar-refractivity contribution in [2.24, 2.45) is 0 Å². The lowest BCUT2D eigenvalue weighted by atomic mass is 10.2. The van der Waals surface area contributed by atoms with Gasteiger partial charge in [-0.3, -0.25) is 9.59 Å². The number of hydrogen-bond acceptors (Lipinski definition) is 4. The van der Waals surface area contributed by atoms with Crippen LogP contribution in [-0.4, -0.2) is 62.8 Å². The summed E-state index contributed by atoms with van der Waals surface area (Å²) in [4.78, 5) is 24.4. The van der Waals surface area contributed by atoms with Crippen LogP contribution >= 0.6 is 0 Å². The minimum atomic E-state index is -0.426. The summed E-state index contributed by atoms with van der Waals surface area (Å²) in [6, 6.07) is -0.426. The zero-order valence-corrected chi connectivity index (χ0v) is 10.4. The van der Waals surface area contributed by atoms with E-state index < -0.39 is 6.04 Å². The van der Waals surface area contributed by atoms with Gasteiger partial charge >= 0.3 is 0 Å². The molecule has 1 unspecified atom stereocenters. The molecular formula is C11H20N2O4. The number of rotatable bonds is 7. The number of nitrogens with one attached hydrogen (secondary N) is 1. The largest absolute Gasteiger partial charge is 0.385 e. The predicted octanol–water partition coefficient (Wildman–Crippen LogP) is -0.614. The van der Waals surface area contributed by atoms with Crippen LogP contribution < -0.4 is 5.32 Å². The number of nitrogens with zero attached hydrogens (tertiary/aromatic N) is 1. The second-order valence-corrected chi connectivity index (χ2v) is 4.01. The zero-order valence-electron chi connectivity index (χ0n) is 10.4. The molecule has 1 atom stereocenters. The Hall–Kier alpha value is -1.14. The maximum atomic E-state index is 11.7. The van der Waals surface area contributed by atoms with Gasteiger partial charge in [-0.2, -0.15) is 0 Å². The smallest absolute Gasteiger partial charge is 0.245 e. The summed E-state index contributed by atoms with van der Waals surface area (Å²) in [6.45, 7) is 4.01. The molecule has 1 saturated heterocycles. The topological polar surface area (TPSA) is 67.9 Å². The summed E-state index contributed by atoms with van der Waals surface area (Å²) < 4.78 is 10.2. The Morgan fingerprint density at radius 2 is 2.12 bits per heavy atom. The quantitative estimate of drug-likeness (QED) is 0.606. The molecule has 0 saturated carbocycles. The van der Waals surface area contributed by atoms with E-state index in [1.165, 1.54) is 4.90 Å². The number of hydrogen-bond donors (Lipinski definition) is 1. The summed E-state index contributed by atoms with van der Waals surface area (Å²) in [6.07, 6.45) is 0.835. The van der Waals surface area contributed by atoms with Gasteiger partial charge in [0.25, 0.3) is 0 Å². The number of ether oxygens (including phenoxy) is 2. The first-order chi connectivity index (χ1) is 8.15. The second kappa shape index (κ2) is 7.24. The molecule has 1 aliphatic heterocycles. The molecule has 1 aliphatic rings. The van der Waals surface area contributed by atoms with Gasteiger partial charge in [-0.25, -0.2) is 0 Å². The highest BCUT2D eigenvalue weighted by Gasteiger charge is 2.28. The van der Waals surface area contributed by atoms with Crippen LogP contribution in [0, 0.1) is 0 Å². The molecule has 0 aromatic carbocycles. The molecule has 0 radical (unpaired) electrons. The van der Waals surface area contributed by atoms with Crippen LogP contribution in [0.25, 0.3) is 0 Å². The third-order valence-electron chi connectivity index (χ3n) is 2.54. The van der Waals surface area contributed by atoms with Crippen molar-refractivity contribution in [3.63, 3.8) is 0 Å². The second-order valence-electron chi connectivity index (χ2n) is 4.01. The van der Waals surface area contributed by atoms with E-state index in [0.717, 1.165) is 6.42 Å². The SMILES string of the molecule is COCCCOCCN1CC(=O)NC(C)C1=O. The van der Waals surface area contributed by atoms with Crippen LogP contribution in [0.4, 0.5) is 0 Å². The van der Waals surface area contributed by atoms with Gasteiger partial charge in [-0.1, -0.05) is 0 Å². The Morgan fingerprint density at radius 3 is 2.82 bits per heavy atom. The van der Waals surface area contributed by atoms with E-state index in [4.69, 9.17) is 9.47 Å². The number of carbonyl (C=O) groups is 2. The molecule has 0 spiro atoms. The maximum absolute atomic E-state index is 11.7. The monoisotopic (exact) mass is 244 g/mol. The van der Waals surface area contributed by atoms with E-state index in [-0.39, 0.29) is 18.4 Å². The molecule has 0 aromatic rings. The van der Waals surface area contributed by atoms with Crippen molar-refractivity contribution in [1.29, 1.82) is 0 Å². The molecule has 1 heterocycles. The minimum absolute atomic E-state index is 0.0508. The summed E-state index contributed by atoms with van der Waals surface area (Å²) in [5.41, 5.74) is 0. The average molecular weight is 244 g/mol. The third kappa shape index (κ3) is 4.70. The van der Waals surface area contributed by atoms with Crippen molar-refractivity contribution in [2.45, 2.75) is 19.4 Å². The fourth-order valence-corrected chi connectivity index (χ4v) is 1.65. The lowest BCUT2D eigenvalue weighted by Gasteiger charge is -2.30. The Balaban J connectivity index is 2.17. The molecule has 6 heteroatoms. The first kappa shape index (κ1) is 13.9. The predicted molar refractivity (Wildman–Crippen MR) is 61.5 cm³/mol. The standard InChI is InChI=1S/C11H20N2O4/c1-9-11(15)13(8-10(14)12-9)4-7-17-6-3-5-16-2/h9H,3-8H2,1-2H3,(H,12,14). The van der Waals surface area contributed by atoms with Crippen molar-refractivity contribution >= 4 is 11.8 Å². The van der Waals surface area contributed by atoms with Gasteiger partial charge in [-0.15, -0.1) is 0 Å². The van der Waals surface area contributed by atoms with E-state index in [9.17, 15) is 9.59 Å². The molecule has 1 fully saturated rings. The van der Waals surface area contributed by atoms with E-state index in [1.807, 2.05) is 0 Å². The Morgan fingerprint density at radius 1 is 1.35 bits per heavy atom. The van der Waals surface area contributed by atoms with E-state index in [1.54, 1.807) is 14.0 Å². The molecule has 0 aromatic heterocycles. The Kier molecular flexibility index (Phi) is 5.93. The van der Waals surface area contributed by atoms with E-state index in [2.05, 4.69) is 5.32 Å². The van der Waals surface area contributed by atoms with Crippen LogP contribution in [0.3, 0.4) is 0 Å². The van der Waals surface area contributed by atoms with E-state index in [0.29, 0.717) is 26.4 Å². The fraction of sp³-hybridized carbons (Fsp3) is 0.818. The summed E-state index contributed by atoms with van der Waals surface area (Å²) >= 11 is 0. The Labute approximate surface area is 101 Å². The molecule has 1 N–H and O–H groups in total. The summed E-state index contributed by atoms with van der Waals surface area (Å²) in [5.74, 6) is -0.165. The maximum Gasteiger partial charge on any atom is 0.245 e. The molecule has 0 bridgehead atoms. The van der Waals surface area contributed by atoms with Crippen molar-refractivity contribution in [2.75, 3.05) is 40.0 Å². The lowest BCUT2D eigenvalue weighted by molar-refractivity contribution is -0.144. The third-order valence-corrected chi connectivity index (χ3v) is 2.54. The van der Waals surface area contributed by atoms with Crippen molar-refractivity contribution in [1.82, 2.24) is 10.2 Å². The number of methoxy groups -OCH3 is 1. The van der Waals surface area contributed by atoms with Crippen LogP contribution in [0.2, 0.25) is 0 Å². The molecule has 6 nitrogen and oxygen atoms in total. The van der Waals surface area contributed by atoms with Crippen LogP contribution in [0.1, 0.15) is 13.3 Å². The molecule has 0 aliphatic carbocycles. The molecule has 2 amide bonds. The minimum Gasteiger partial charge on any atom is -0.385 e. The first-order valence-corrected chi connectivity index (χ1v) is 5.80. The van der Waals surface area contributed by atoms with Crippen LogP contribution in [-0.2, 0) is 19.1 Å². The highest BCUT2D eigenvalue weighted by molar-refractivity contribution is 5.94. The van der Waals surface area contributed by atoms with Gasteiger partial charge in [0.1, 0.15) is 6.04 Å².